The molecule has 4 rings (SSSR count). The van der Waals surface area contributed by atoms with Gasteiger partial charge in [-0.05, 0) is 67.1 Å². The van der Waals surface area contributed by atoms with Crippen LogP contribution >= 0.6 is 0 Å². The molecule has 10 nitrogen and oxygen atoms in total. The van der Waals surface area contributed by atoms with Gasteiger partial charge in [-0.25, -0.2) is 20.0 Å². The third kappa shape index (κ3) is 24.1. The maximum atomic E-state index is 10.5. The molecule has 0 atom stereocenters. The summed E-state index contributed by atoms with van der Waals surface area (Å²) in [5, 5.41) is 0. The molecular formula is C46H64N8O2. The summed E-state index contributed by atoms with van der Waals surface area (Å²) in [6, 6.07) is 26.5. The van der Waals surface area contributed by atoms with Crippen LogP contribution in [-0.4, -0.2) is 67.9 Å². The van der Waals surface area contributed by atoms with Crippen molar-refractivity contribution in [2.75, 3.05) is 38.3 Å². The van der Waals surface area contributed by atoms with Crippen LogP contribution in [0.3, 0.4) is 0 Å². The first kappa shape index (κ1) is 46.8. The highest BCUT2D eigenvalue weighted by Crippen LogP contribution is 2.15. The number of aromatic nitrogens is 2. The van der Waals surface area contributed by atoms with Gasteiger partial charge in [0.25, 0.3) is 0 Å². The summed E-state index contributed by atoms with van der Waals surface area (Å²) >= 11 is 0. The van der Waals surface area contributed by atoms with Crippen LogP contribution in [0.4, 0.5) is 23.3 Å². The fourth-order valence-electron chi connectivity index (χ4n) is 5.28. The lowest BCUT2D eigenvalue weighted by atomic mass is 10.1. The van der Waals surface area contributed by atoms with Crippen molar-refractivity contribution < 1.29 is 9.53 Å². The van der Waals surface area contributed by atoms with Crippen LogP contribution in [0.1, 0.15) is 124 Å². The van der Waals surface area contributed by atoms with E-state index in [4.69, 9.17) is 16.2 Å². The van der Waals surface area contributed by atoms with Gasteiger partial charge in [-0.1, -0.05) is 132 Å². The van der Waals surface area contributed by atoms with Gasteiger partial charge in [0.2, 0.25) is 0 Å². The van der Waals surface area contributed by atoms with Gasteiger partial charge < -0.3 is 16.2 Å². The van der Waals surface area contributed by atoms with E-state index in [1.165, 1.54) is 77.0 Å². The zero-order valence-electron chi connectivity index (χ0n) is 33.9. The predicted molar refractivity (Wildman–Crippen MR) is 239 cm³/mol. The molecule has 2 aromatic carbocycles. The molecule has 300 valence electrons. The number of pyridine rings is 2. The Hall–Kier alpha value is -5.35. The molecule has 0 amide bonds. The lowest BCUT2D eigenvalue weighted by molar-refractivity contribution is 0.112. The monoisotopic (exact) mass is 761 g/mol. The average Bonchev–Trinajstić information content (AvgIpc) is 3.21. The number of methoxy groups -OCH3 is 1. The summed E-state index contributed by atoms with van der Waals surface area (Å²) in [6.07, 6.45) is 24.9. The third-order valence-electron chi connectivity index (χ3n) is 8.39. The Morgan fingerprint density at radius 3 is 1.46 bits per heavy atom. The van der Waals surface area contributed by atoms with Gasteiger partial charge in [0.15, 0.2) is 11.6 Å². The quantitative estimate of drug-likeness (QED) is 0.0436. The minimum Gasteiger partial charge on any atom is -0.385 e. The normalized spacial score (nSPS) is 11.2. The van der Waals surface area contributed by atoms with Crippen molar-refractivity contribution in [3.63, 3.8) is 0 Å². The van der Waals surface area contributed by atoms with E-state index in [-0.39, 0.29) is 0 Å². The molecule has 0 fully saturated rings. The largest absolute Gasteiger partial charge is 0.385 e. The van der Waals surface area contributed by atoms with Crippen LogP contribution < -0.4 is 11.5 Å². The van der Waals surface area contributed by atoms with Crippen molar-refractivity contribution in [2.24, 2.45) is 20.0 Å². The Morgan fingerprint density at radius 2 is 1.00 bits per heavy atom. The van der Waals surface area contributed by atoms with E-state index in [9.17, 15) is 4.79 Å². The van der Waals surface area contributed by atoms with E-state index < -0.39 is 0 Å². The van der Waals surface area contributed by atoms with Crippen LogP contribution in [0.25, 0.3) is 0 Å². The first-order chi connectivity index (χ1) is 27.5. The number of ether oxygens (including phenoxy) is 1. The topological polar surface area (TPSA) is 154 Å². The molecule has 4 aromatic rings. The van der Waals surface area contributed by atoms with Gasteiger partial charge in [0.1, 0.15) is 17.9 Å². The molecule has 0 bridgehead atoms. The fraction of sp³-hybridized carbons (Fsp3) is 0.413. The number of nitrogens with zero attached hydrogens (tertiary/aromatic N) is 6. The Labute approximate surface area is 335 Å². The van der Waals surface area contributed by atoms with Crippen LogP contribution in [0.15, 0.2) is 105 Å². The van der Waals surface area contributed by atoms with Gasteiger partial charge in [-0.15, -0.1) is 0 Å². The number of carbonyl (C=O) groups excluding carboxylic acids is 1. The van der Waals surface area contributed by atoms with E-state index in [1.54, 1.807) is 31.5 Å². The summed E-state index contributed by atoms with van der Waals surface area (Å²) < 4.78 is 5.02. The second kappa shape index (κ2) is 31.9. The molecule has 10 heteroatoms. The number of hydrogen-bond donors (Lipinski definition) is 2. The molecule has 0 radical (unpaired) electrons. The number of carbonyl (C=O) groups is 1. The van der Waals surface area contributed by atoms with Gasteiger partial charge in [0.05, 0.1) is 0 Å². The first-order valence-electron chi connectivity index (χ1n) is 20.1. The summed E-state index contributed by atoms with van der Waals surface area (Å²) in [5.74, 6) is 2.25. The third-order valence-corrected chi connectivity index (χ3v) is 8.39. The Kier molecular flexibility index (Phi) is 26.7. The molecule has 0 aliphatic heterocycles. The predicted octanol–water partition coefficient (Wildman–Crippen LogP) is 10.9. The van der Waals surface area contributed by atoms with Gasteiger partial charge in [0, 0.05) is 57.2 Å². The molecular weight excluding hydrogens is 697 g/mol. The number of aldehydes is 1. The number of nitrogens with two attached hydrogens (primary N) is 2. The van der Waals surface area contributed by atoms with E-state index in [2.05, 4.69) is 49.0 Å². The smallest absolute Gasteiger partial charge is 0.154 e. The van der Waals surface area contributed by atoms with Crippen molar-refractivity contribution in [1.82, 2.24) is 9.97 Å². The molecule has 0 saturated heterocycles. The number of benzene rings is 2. The standard InChI is InChI=1S/C24H32N4.C17H25NO2.C5H7N3/c1-3-5-6-7-8-9-10-18-25-19-21-14-16-22(17-15-21)20-27-24-13-11-12-23(28-24)26-4-2;1-20-13-7-5-3-2-4-6-12-18-14-16-8-10-17(15-19)11-9-16;6-4-2-1-3-5(7)8-4/h4,11-17,19-20H,3,5-10,18H2,1-2H3;8-11,14-15H,2-7,12-13H2,1H3;1-3H,(H4,6,7,8). The molecule has 4 N–H and O–H groups in total. The Bertz CT molecular complexity index is 1690. The molecule has 56 heavy (non-hydrogen) atoms. The van der Waals surface area contributed by atoms with Crippen LogP contribution in [-0.2, 0) is 4.74 Å². The summed E-state index contributed by atoms with van der Waals surface area (Å²) in [6.45, 7) is 6.81. The highest BCUT2D eigenvalue weighted by molar-refractivity contribution is 5.85. The van der Waals surface area contributed by atoms with Gasteiger partial charge >= 0.3 is 0 Å². The van der Waals surface area contributed by atoms with E-state index in [0.717, 1.165) is 49.1 Å². The zero-order valence-corrected chi connectivity index (χ0v) is 33.9. The first-order valence-corrected chi connectivity index (χ1v) is 20.1. The van der Waals surface area contributed by atoms with Crippen molar-refractivity contribution in [1.29, 1.82) is 0 Å². The Balaban J connectivity index is 0.000000334. The van der Waals surface area contributed by atoms with Crippen LogP contribution in [0.2, 0.25) is 0 Å². The van der Waals surface area contributed by atoms with Crippen molar-refractivity contribution in [3.05, 3.63) is 107 Å². The highest BCUT2D eigenvalue weighted by atomic mass is 16.5. The minimum atomic E-state index is 0.463. The van der Waals surface area contributed by atoms with Gasteiger partial charge in [-0.2, -0.15) is 0 Å². The second-order valence-corrected chi connectivity index (χ2v) is 13.2. The lowest BCUT2D eigenvalue weighted by Gasteiger charge is -2.00. The van der Waals surface area contributed by atoms with Crippen molar-refractivity contribution >= 4 is 54.4 Å². The SMILES string of the molecule is CC=Nc1cccc(N=Cc2ccc(C=NCCCCCCCCC)cc2)n1.COCCCCCCCCN=Cc1ccc(C=O)cc1.Nc1cccc(N)n1. The minimum absolute atomic E-state index is 0.463. The number of aliphatic imine (C=N–C) groups is 4. The lowest BCUT2D eigenvalue weighted by Crippen LogP contribution is -1.93. The molecule has 0 aliphatic rings. The van der Waals surface area contributed by atoms with E-state index in [0.29, 0.717) is 28.8 Å². The maximum Gasteiger partial charge on any atom is 0.154 e. The molecule has 0 saturated carbocycles. The fourth-order valence-corrected chi connectivity index (χ4v) is 5.28. The number of hydrogen-bond acceptors (Lipinski definition) is 10. The van der Waals surface area contributed by atoms with Crippen LogP contribution in [0.5, 0.6) is 0 Å². The molecule has 2 heterocycles. The average molecular weight is 761 g/mol. The summed E-state index contributed by atoms with van der Waals surface area (Å²) in [7, 11) is 1.75. The highest BCUT2D eigenvalue weighted by Gasteiger charge is 1.96. The number of anilines is 2. The molecule has 2 aromatic heterocycles. The molecule has 0 spiro atoms. The zero-order chi connectivity index (χ0) is 40.3. The summed E-state index contributed by atoms with van der Waals surface area (Å²) in [4.78, 5) is 36.2. The number of rotatable bonds is 23. The van der Waals surface area contributed by atoms with E-state index in [1.807, 2.05) is 80.2 Å². The van der Waals surface area contributed by atoms with E-state index >= 15 is 0 Å². The molecule has 0 aliphatic carbocycles. The van der Waals surface area contributed by atoms with Crippen molar-refractivity contribution in [3.8, 4) is 0 Å². The van der Waals surface area contributed by atoms with Crippen LogP contribution in [0, 0.1) is 0 Å². The molecule has 0 unspecified atom stereocenters. The van der Waals surface area contributed by atoms with Crippen molar-refractivity contribution in [2.45, 2.75) is 97.3 Å². The second-order valence-electron chi connectivity index (χ2n) is 13.2. The summed E-state index contributed by atoms with van der Waals surface area (Å²) in [5.41, 5.74) is 14.5. The maximum absolute atomic E-state index is 10.5. The number of nitrogen functional groups attached to an aromatic ring is 2. The van der Waals surface area contributed by atoms with Gasteiger partial charge in [-0.3, -0.25) is 14.8 Å². The Morgan fingerprint density at radius 1 is 0.554 bits per heavy atom. The number of unbranched alkanes of at least 4 members (excludes halogenated alkanes) is 11.